The highest BCUT2D eigenvalue weighted by Gasteiger charge is 2.16. The summed E-state index contributed by atoms with van der Waals surface area (Å²) in [4.78, 5) is 36.6. The van der Waals surface area contributed by atoms with E-state index >= 15 is 0 Å². The molecule has 0 aliphatic rings. The summed E-state index contributed by atoms with van der Waals surface area (Å²) in [5.41, 5.74) is 0.467. The van der Waals surface area contributed by atoms with Crippen molar-refractivity contribution in [1.82, 2.24) is 10.3 Å². The molecule has 0 spiro atoms. The van der Waals surface area contributed by atoms with Gasteiger partial charge in [0.1, 0.15) is 6.04 Å². The fourth-order valence-electron chi connectivity index (χ4n) is 1.62. The van der Waals surface area contributed by atoms with E-state index in [1.807, 2.05) is 13.8 Å². The maximum absolute atomic E-state index is 11.8. The van der Waals surface area contributed by atoms with Crippen molar-refractivity contribution in [3.8, 4) is 0 Å². The second kappa shape index (κ2) is 6.17. The molecule has 1 rings (SSSR count). The molecule has 0 aliphatic carbocycles. The average molecular weight is 266 g/mol. The predicted octanol–water partition coefficient (Wildman–Crippen LogP) is 0.776. The van der Waals surface area contributed by atoms with Crippen molar-refractivity contribution < 1.29 is 14.7 Å². The van der Waals surface area contributed by atoms with Gasteiger partial charge in [0.2, 0.25) is 5.56 Å². The molecule has 19 heavy (non-hydrogen) atoms. The van der Waals surface area contributed by atoms with E-state index < -0.39 is 17.9 Å². The standard InChI is InChI=1S/C13H18N2O4/c1-7(2)4-10-5-9(6-11(16)15-10)12(17)14-8(3)13(18)19/h5-8H,4H2,1-3H3,(H,14,17)(H,15,16)(H,18,19). The van der Waals surface area contributed by atoms with Gasteiger partial charge in [0.25, 0.3) is 5.91 Å². The number of hydrogen-bond acceptors (Lipinski definition) is 3. The van der Waals surface area contributed by atoms with Crippen LogP contribution >= 0.6 is 0 Å². The van der Waals surface area contributed by atoms with Crippen LogP contribution in [0.2, 0.25) is 0 Å². The third-order valence-corrected chi connectivity index (χ3v) is 2.51. The van der Waals surface area contributed by atoms with Crippen LogP contribution < -0.4 is 10.9 Å². The quantitative estimate of drug-likeness (QED) is 0.733. The summed E-state index contributed by atoms with van der Waals surface area (Å²) in [5, 5.41) is 11.0. The van der Waals surface area contributed by atoms with Crippen LogP contribution in [0.5, 0.6) is 0 Å². The van der Waals surface area contributed by atoms with Crippen molar-refractivity contribution in [1.29, 1.82) is 0 Å². The Balaban J connectivity index is 2.94. The molecular formula is C13H18N2O4. The summed E-state index contributed by atoms with van der Waals surface area (Å²) in [7, 11) is 0. The minimum Gasteiger partial charge on any atom is -0.480 e. The summed E-state index contributed by atoms with van der Waals surface area (Å²) >= 11 is 0. The normalized spacial score (nSPS) is 12.2. The van der Waals surface area contributed by atoms with Gasteiger partial charge in [-0.25, -0.2) is 0 Å². The molecule has 0 aromatic carbocycles. The van der Waals surface area contributed by atoms with Crippen LogP contribution in [0.3, 0.4) is 0 Å². The van der Waals surface area contributed by atoms with E-state index in [2.05, 4.69) is 10.3 Å². The minimum absolute atomic E-state index is 0.174. The Labute approximate surface area is 110 Å². The number of carboxylic acid groups (broad SMARTS) is 1. The molecule has 1 aromatic rings. The van der Waals surface area contributed by atoms with Crippen molar-refractivity contribution in [2.75, 3.05) is 0 Å². The zero-order valence-corrected chi connectivity index (χ0v) is 11.2. The van der Waals surface area contributed by atoms with Crippen LogP contribution in [0, 0.1) is 5.92 Å². The Hall–Kier alpha value is -2.11. The second-order valence-corrected chi connectivity index (χ2v) is 4.89. The summed E-state index contributed by atoms with van der Waals surface area (Å²) in [6.07, 6.45) is 0.644. The molecule has 0 aliphatic heterocycles. The fraction of sp³-hybridized carbons (Fsp3) is 0.462. The van der Waals surface area contributed by atoms with Crippen LogP contribution in [0.4, 0.5) is 0 Å². The molecule has 0 saturated carbocycles. The Morgan fingerprint density at radius 1 is 1.32 bits per heavy atom. The van der Waals surface area contributed by atoms with Gasteiger partial charge >= 0.3 is 5.97 Å². The van der Waals surface area contributed by atoms with Gasteiger partial charge in [-0.2, -0.15) is 0 Å². The predicted molar refractivity (Wildman–Crippen MR) is 70.2 cm³/mol. The molecular weight excluding hydrogens is 248 g/mol. The third kappa shape index (κ3) is 4.57. The van der Waals surface area contributed by atoms with Crippen molar-refractivity contribution in [2.24, 2.45) is 5.92 Å². The Bertz CT molecular complexity index is 534. The molecule has 6 nitrogen and oxygen atoms in total. The first-order chi connectivity index (χ1) is 8.79. The van der Waals surface area contributed by atoms with Crippen molar-refractivity contribution >= 4 is 11.9 Å². The average Bonchev–Trinajstić information content (AvgIpc) is 2.26. The summed E-state index contributed by atoms with van der Waals surface area (Å²) in [6, 6.07) is 1.74. The van der Waals surface area contributed by atoms with Crippen LogP contribution in [0.25, 0.3) is 0 Å². The lowest BCUT2D eigenvalue weighted by molar-refractivity contribution is -0.138. The van der Waals surface area contributed by atoms with Crippen LogP contribution in [0.15, 0.2) is 16.9 Å². The van der Waals surface area contributed by atoms with Gasteiger partial charge in [-0.05, 0) is 25.3 Å². The molecule has 1 unspecified atom stereocenters. The number of aromatic amines is 1. The number of H-pyrrole nitrogens is 1. The molecule has 0 radical (unpaired) electrons. The zero-order chi connectivity index (χ0) is 14.6. The Morgan fingerprint density at radius 3 is 2.47 bits per heavy atom. The number of pyridine rings is 1. The number of carbonyl (C=O) groups is 2. The lowest BCUT2D eigenvalue weighted by Gasteiger charge is -2.10. The van der Waals surface area contributed by atoms with Crippen LogP contribution in [-0.4, -0.2) is 28.0 Å². The molecule has 0 saturated heterocycles. The van der Waals surface area contributed by atoms with Gasteiger partial charge < -0.3 is 15.4 Å². The maximum atomic E-state index is 11.8. The number of amides is 1. The SMILES string of the molecule is CC(C)Cc1cc(C(=O)NC(C)C(=O)O)cc(=O)[nH]1. The van der Waals surface area contributed by atoms with Gasteiger partial charge in [0.15, 0.2) is 0 Å². The van der Waals surface area contributed by atoms with Crippen LogP contribution in [0.1, 0.15) is 36.8 Å². The fourth-order valence-corrected chi connectivity index (χ4v) is 1.62. The van der Waals surface area contributed by atoms with Gasteiger partial charge in [0, 0.05) is 17.3 Å². The van der Waals surface area contributed by atoms with Crippen molar-refractivity contribution in [3.05, 3.63) is 33.7 Å². The summed E-state index contributed by atoms with van der Waals surface area (Å²) < 4.78 is 0. The van der Waals surface area contributed by atoms with E-state index in [-0.39, 0.29) is 11.1 Å². The second-order valence-electron chi connectivity index (χ2n) is 4.89. The smallest absolute Gasteiger partial charge is 0.325 e. The first kappa shape index (κ1) is 14.9. The lowest BCUT2D eigenvalue weighted by atomic mass is 10.1. The number of aromatic nitrogens is 1. The summed E-state index contributed by atoms with van der Waals surface area (Å²) in [5.74, 6) is -1.35. The van der Waals surface area contributed by atoms with E-state index in [0.29, 0.717) is 18.0 Å². The summed E-state index contributed by atoms with van der Waals surface area (Å²) in [6.45, 7) is 5.36. The highest BCUT2D eigenvalue weighted by molar-refractivity contribution is 5.96. The maximum Gasteiger partial charge on any atom is 0.325 e. The first-order valence-electron chi connectivity index (χ1n) is 6.06. The van der Waals surface area contributed by atoms with E-state index in [4.69, 9.17) is 5.11 Å². The number of hydrogen-bond donors (Lipinski definition) is 3. The number of aliphatic carboxylic acids is 1. The van der Waals surface area contributed by atoms with Crippen LogP contribution in [-0.2, 0) is 11.2 Å². The monoisotopic (exact) mass is 266 g/mol. The van der Waals surface area contributed by atoms with Crippen molar-refractivity contribution in [2.45, 2.75) is 33.2 Å². The highest BCUT2D eigenvalue weighted by Crippen LogP contribution is 2.06. The van der Waals surface area contributed by atoms with E-state index in [9.17, 15) is 14.4 Å². The van der Waals surface area contributed by atoms with Gasteiger partial charge in [0.05, 0.1) is 0 Å². The molecule has 104 valence electrons. The first-order valence-corrected chi connectivity index (χ1v) is 6.06. The van der Waals surface area contributed by atoms with Gasteiger partial charge in [-0.3, -0.25) is 14.4 Å². The molecule has 1 atom stereocenters. The molecule has 1 amide bonds. The molecule has 0 bridgehead atoms. The minimum atomic E-state index is -1.12. The lowest BCUT2D eigenvalue weighted by Crippen LogP contribution is -2.38. The molecule has 1 heterocycles. The molecule has 3 N–H and O–H groups in total. The number of carbonyl (C=O) groups excluding carboxylic acids is 1. The number of carboxylic acids is 1. The van der Waals surface area contributed by atoms with E-state index in [1.54, 1.807) is 6.07 Å². The largest absolute Gasteiger partial charge is 0.480 e. The molecule has 6 heteroatoms. The van der Waals surface area contributed by atoms with Crippen molar-refractivity contribution in [3.63, 3.8) is 0 Å². The van der Waals surface area contributed by atoms with Gasteiger partial charge in [-0.1, -0.05) is 13.8 Å². The molecule has 0 fully saturated rings. The van der Waals surface area contributed by atoms with E-state index in [0.717, 1.165) is 6.07 Å². The number of nitrogens with one attached hydrogen (secondary N) is 2. The van der Waals surface area contributed by atoms with Gasteiger partial charge in [-0.15, -0.1) is 0 Å². The third-order valence-electron chi connectivity index (χ3n) is 2.51. The molecule has 1 aromatic heterocycles. The highest BCUT2D eigenvalue weighted by atomic mass is 16.4. The Kier molecular flexibility index (Phi) is 4.86. The topological polar surface area (TPSA) is 99.3 Å². The Morgan fingerprint density at radius 2 is 1.95 bits per heavy atom. The number of rotatable bonds is 5. The van der Waals surface area contributed by atoms with E-state index in [1.165, 1.54) is 6.92 Å². The zero-order valence-electron chi connectivity index (χ0n) is 11.2.